The van der Waals surface area contributed by atoms with Crippen LogP contribution in [0.2, 0.25) is 0 Å². The van der Waals surface area contributed by atoms with Crippen LogP contribution in [0.1, 0.15) is 89.1 Å². The average molecular weight is 671 g/mol. The number of benzene rings is 1. The number of rotatable bonds is 10. The summed E-state index contributed by atoms with van der Waals surface area (Å²) >= 11 is 0. The number of fused-ring (bicyclic) bond motifs is 2. The second-order valence-electron chi connectivity index (χ2n) is 14.6. The van der Waals surface area contributed by atoms with E-state index in [-0.39, 0.29) is 17.8 Å². The van der Waals surface area contributed by atoms with Crippen LogP contribution in [0.4, 0.5) is 26.5 Å². The van der Waals surface area contributed by atoms with E-state index in [1.807, 2.05) is 68.7 Å². The number of ether oxygens (including phenoxy) is 1. The van der Waals surface area contributed by atoms with Crippen LogP contribution in [0.25, 0.3) is 16.9 Å². The zero-order valence-corrected chi connectivity index (χ0v) is 28.9. The van der Waals surface area contributed by atoms with E-state index in [0.717, 1.165) is 62.1 Å². The number of pyridine rings is 1. The highest BCUT2D eigenvalue weighted by Gasteiger charge is 2.38. The van der Waals surface area contributed by atoms with Crippen molar-refractivity contribution in [2.75, 3.05) is 36.8 Å². The van der Waals surface area contributed by atoms with Gasteiger partial charge in [0, 0.05) is 55.7 Å². The highest BCUT2D eigenvalue weighted by molar-refractivity contribution is 5.81. The predicted molar refractivity (Wildman–Crippen MR) is 188 cm³/mol. The van der Waals surface area contributed by atoms with Gasteiger partial charge in [0.1, 0.15) is 17.0 Å². The van der Waals surface area contributed by atoms with Crippen molar-refractivity contribution in [2.24, 2.45) is 0 Å². The minimum atomic E-state index is -0.964. The van der Waals surface area contributed by atoms with E-state index in [1.165, 1.54) is 0 Å². The Morgan fingerprint density at radius 1 is 1.04 bits per heavy atom. The van der Waals surface area contributed by atoms with Crippen molar-refractivity contribution in [3.8, 4) is 5.82 Å². The minimum Gasteiger partial charge on any atom is -0.444 e. The number of nitrogens with one attached hydrogen (secondary N) is 3. The van der Waals surface area contributed by atoms with Gasteiger partial charge in [-0.15, -0.1) is 0 Å². The number of anilines is 3. The Bertz CT molecular complexity index is 1830. The van der Waals surface area contributed by atoms with E-state index in [1.54, 1.807) is 11.1 Å². The molecule has 4 N–H and O–H groups in total. The monoisotopic (exact) mass is 670 g/mol. The van der Waals surface area contributed by atoms with Crippen molar-refractivity contribution in [1.29, 1.82) is 0 Å². The van der Waals surface area contributed by atoms with Crippen LogP contribution in [0, 0.1) is 5.82 Å². The van der Waals surface area contributed by atoms with Crippen LogP contribution in [-0.2, 0) is 16.8 Å². The number of aryl methyl sites for hydroxylation is 1. The van der Waals surface area contributed by atoms with Crippen LogP contribution < -0.4 is 16.0 Å². The highest BCUT2D eigenvalue weighted by Crippen LogP contribution is 2.46. The number of carbonyl (C=O) groups is 1. The number of aromatic nitrogens is 4. The van der Waals surface area contributed by atoms with E-state index in [2.05, 4.69) is 20.9 Å². The first-order valence-corrected chi connectivity index (χ1v) is 17.6. The summed E-state index contributed by atoms with van der Waals surface area (Å²) in [4.78, 5) is 28.3. The number of nitrogens with zero attached hydrogens (tertiary/aromatic N) is 5. The SMILES string of the molecule is CC[C@@]1(O)CCc2ccc(-n3c(C4CC4)c(F)c4cnc(Nc5ccc(NCCNC6CCN(C(=O)OC(C)(C)C)CC6)cc5)nc43)nc21. The van der Waals surface area contributed by atoms with Crippen LogP contribution in [0.3, 0.4) is 0 Å². The number of carbonyl (C=O) groups excluding carboxylic acids is 1. The van der Waals surface area contributed by atoms with Crippen molar-refractivity contribution >= 4 is 34.4 Å². The molecule has 0 spiro atoms. The molecule has 1 aromatic carbocycles. The third-order valence-corrected chi connectivity index (χ3v) is 9.85. The summed E-state index contributed by atoms with van der Waals surface area (Å²) in [7, 11) is 0. The maximum atomic E-state index is 15.9. The lowest BCUT2D eigenvalue weighted by molar-refractivity contribution is 0.0198. The van der Waals surface area contributed by atoms with Crippen molar-refractivity contribution < 1.29 is 19.0 Å². The van der Waals surface area contributed by atoms with Crippen LogP contribution in [0.5, 0.6) is 0 Å². The van der Waals surface area contributed by atoms with Gasteiger partial charge in [-0.2, -0.15) is 4.98 Å². The van der Waals surface area contributed by atoms with Crippen molar-refractivity contribution in [1.82, 2.24) is 29.7 Å². The first-order valence-electron chi connectivity index (χ1n) is 17.6. The number of piperidine rings is 1. The molecule has 2 aliphatic carbocycles. The summed E-state index contributed by atoms with van der Waals surface area (Å²) in [5.74, 6) is 0.748. The van der Waals surface area contributed by atoms with Crippen LogP contribution in [-0.4, -0.2) is 73.4 Å². The van der Waals surface area contributed by atoms with Gasteiger partial charge >= 0.3 is 6.09 Å². The van der Waals surface area contributed by atoms with Gasteiger partial charge < -0.3 is 30.7 Å². The quantitative estimate of drug-likeness (QED) is 0.139. The molecule has 0 radical (unpaired) electrons. The van der Waals surface area contributed by atoms with E-state index >= 15 is 4.39 Å². The molecule has 2 fully saturated rings. The molecule has 0 unspecified atom stereocenters. The Hall–Kier alpha value is -4.29. The van der Waals surface area contributed by atoms with Gasteiger partial charge in [0.15, 0.2) is 11.5 Å². The Labute approximate surface area is 286 Å². The zero-order valence-electron chi connectivity index (χ0n) is 28.9. The number of aliphatic hydroxyl groups is 1. The highest BCUT2D eigenvalue weighted by atomic mass is 19.1. The van der Waals surface area contributed by atoms with Crippen molar-refractivity contribution in [3.05, 3.63) is 65.4 Å². The number of likely N-dealkylation sites (tertiary alicyclic amines) is 1. The molecule has 49 heavy (non-hydrogen) atoms. The summed E-state index contributed by atoms with van der Waals surface area (Å²) in [6.07, 6.45) is 6.95. The molecule has 3 aliphatic rings. The number of amides is 1. The average Bonchev–Trinajstić information content (AvgIpc) is 3.81. The molecule has 12 heteroatoms. The second-order valence-corrected chi connectivity index (χ2v) is 14.6. The number of hydrogen-bond donors (Lipinski definition) is 4. The Morgan fingerprint density at radius 3 is 2.47 bits per heavy atom. The molecule has 0 bridgehead atoms. The summed E-state index contributed by atoms with van der Waals surface area (Å²) in [6.45, 7) is 10.6. The molecule has 11 nitrogen and oxygen atoms in total. The lowest BCUT2D eigenvalue weighted by atomic mass is 9.98. The number of hydrogen-bond acceptors (Lipinski definition) is 9. The van der Waals surface area contributed by atoms with Gasteiger partial charge in [0.05, 0.1) is 16.8 Å². The molecular formula is C37H47FN8O3. The fraction of sp³-hybridized carbons (Fsp3) is 0.514. The molecule has 1 atom stereocenters. The fourth-order valence-electron chi connectivity index (χ4n) is 6.95. The summed E-state index contributed by atoms with van der Waals surface area (Å²) in [5.41, 5.74) is 3.14. The maximum absolute atomic E-state index is 15.9. The largest absolute Gasteiger partial charge is 0.444 e. The first kappa shape index (κ1) is 33.2. The van der Waals surface area contributed by atoms with Gasteiger partial charge in [0.25, 0.3) is 0 Å². The van der Waals surface area contributed by atoms with Crippen LogP contribution in [0.15, 0.2) is 42.6 Å². The Balaban J connectivity index is 0.978. The third kappa shape index (κ3) is 7.07. The fourth-order valence-corrected chi connectivity index (χ4v) is 6.95. The zero-order chi connectivity index (χ0) is 34.3. The van der Waals surface area contributed by atoms with E-state index in [0.29, 0.717) is 66.2 Å². The smallest absolute Gasteiger partial charge is 0.410 e. The Morgan fingerprint density at radius 2 is 1.78 bits per heavy atom. The lowest BCUT2D eigenvalue weighted by Crippen LogP contribution is -2.47. The summed E-state index contributed by atoms with van der Waals surface area (Å²) in [5, 5.41) is 21.9. The first-order chi connectivity index (χ1) is 23.5. The Kier molecular flexibility index (Phi) is 8.95. The van der Waals surface area contributed by atoms with Gasteiger partial charge in [-0.3, -0.25) is 4.57 Å². The van der Waals surface area contributed by atoms with E-state index < -0.39 is 11.2 Å². The van der Waals surface area contributed by atoms with Crippen molar-refractivity contribution in [3.63, 3.8) is 0 Å². The summed E-state index contributed by atoms with van der Waals surface area (Å²) in [6, 6.07) is 12.2. The molecule has 3 aromatic heterocycles. The molecule has 1 aliphatic heterocycles. The van der Waals surface area contributed by atoms with Gasteiger partial charge in [-0.1, -0.05) is 13.0 Å². The van der Waals surface area contributed by atoms with Crippen LogP contribution >= 0.6 is 0 Å². The third-order valence-electron chi connectivity index (χ3n) is 9.85. The molecule has 4 aromatic rings. The maximum Gasteiger partial charge on any atom is 0.410 e. The molecular weight excluding hydrogens is 623 g/mol. The summed E-state index contributed by atoms with van der Waals surface area (Å²) < 4.78 is 23.2. The van der Waals surface area contributed by atoms with Crippen molar-refractivity contribution in [2.45, 2.75) is 95.8 Å². The molecule has 1 saturated heterocycles. The van der Waals surface area contributed by atoms with Gasteiger partial charge in [-0.25, -0.2) is 19.2 Å². The number of halogens is 1. The lowest BCUT2D eigenvalue weighted by Gasteiger charge is -2.33. The normalized spacial score (nSPS) is 19.7. The standard InChI is InChI=1S/C37H47FN8O3/c1-5-37(48)17-14-24-8-13-29(43-32(24)37)46-31(23-6-7-23)30(38)28-22-41-34(44-33(28)46)42-27-11-9-25(10-12-27)39-18-19-40-26-15-20-45(21-16-26)35(47)49-36(2,3)4/h8-13,22-23,26,39-40,48H,5-7,14-21H2,1-4H3,(H,41,42,44)/t37-/m1/s1. The van der Waals surface area contributed by atoms with E-state index in [9.17, 15) is 9.90 Å². The molecule has 7 rings (SSSR count). The topological polar surface area (TPSA) is 129 Å². The molecule has 260 valence electrons. The second kappa shape index (κ2) is 13.2. The molecule has 1 amide bonds. The van der Waals surface area contributed by atoms with Gasteiger partial charge in [0.2, 0.25) is 5.95 Å². The molecule has 4 heterocycles. The molecule has 1 saturated carbocycles. The minimum absolute atomic E-state index is 0.109. The predicted octanol–water partition coefficient (Wildman–Crippen LogP) is 6.52. The van der Waals surface area contributed by atoms with Gasteiger partial charge in [-0.05, 0) is 102 Å². The van der Waals surface area contributed by atoms with E-state index in [4.69, 9.17) is 14.7 Å².